The Balaban J connectivity index is 1.75. The molecule has 0 saturated heterocycles. The molecule has 0 aliphatic rings. The highest BCUT2D eigenvalue weighted by molar-refractivity contribution is 6.35. The monoisotopic (exact) mass is 478 g/mol. The van der Waals surface area contributed by atoms with Crippen LogP contribution >= 0.6 is 23.2 Å². The number of amides is 1. The first-order chi connectivity index (χ1) is 15.0. The van der Waals surface area contributed by atoms with Crippen molar-refractivity contribution < 1.29 is 9.72 Å². The second kappa shape index (κ2) is 9.30. The molecule has 2 heterocycles. The highest BCUT2D eigenvalue weighted by atomic mass is 35.5. The molecule has 11 heteroatoms. The van der Waals surface area contributed by atoms with E-state index in [1.165, 1.54) is 4.68 Å². The van der Waals surface area contributed by atoms with Crippen molar-refractivity contribution in [3.05, 3.63) is 66.7 Å². The molecule has 1 amide bonds. The molecule has 0 aliphatic carbocycles. The van der Waals surface area contributed by atoms with Gasteiger partial charge in [-0.15, -0.1) is 0 Å². The predicted octanol–water partition coefficient (Wildman–Crippen LogP) is 4.85. The molecule has 1 aromatic carbocycles. The van der Waals surface area contributed by atoms with Gasteiger partial charge in [-0.25, -0.2) is 0 Å². The minimum absolute atomic E-state index is 0.0218. The van der Waals surface area contributed by atoms with E-state index in [9.17, 15) is 14.9 Å². The molecule has 3 rings (SSSR count). The Morgan fingerprint density at radius 2 is 1.78 bits per heavy atom. The number of rotatable bonds is 7. The largest absolute Gasteiger partial charge is 0.323 e. The number of benzene rings is 1. The number of nitrogens with one attached hydrogen (secondary N) is 1. The molecule has 0 fully saturated rings. The average molecular weight is 479 g/mol. The normalized spacial score (nSPS) is 12.1. The molecule has 1 unspecified atom stereocenters. The van der Waals surface area contributed by atoms with Crippen molar-refractivity contribution in [1.82, 2.24) is 19.6 Å². The van der Waals surface area contributed by atoms with Crippen LogP contribution in [-0.4, -0.2) is 30.4 Å². The summed E-state index contributed by atoms with van der Waals surface area (Å²) in [7, 11) is 0. The van der Waals surface area contributed by atoms with Crippen LogP contribution in [0.25, 0.3) is 0 Å². The lowest BCUT2D eigenvalue weighted by molar-refractivity contribution is -0.386. The van der Waals surface area contributed by atoms with Crippen LogP contribution in [0.4, 0.5) is 11.4 Å². The first-order valence-electron chi connectivity index (χ1n) is 9.96. The fourth-order valence-corrected chi connectivity index (χ4v) is 4.03. The molecule has 170 valence electrons. The van der Waals surface area contributed by atoms with Crippen molar-refractivity contribution in [3.63, 3.8) is 0 Å². The molecule has 1 N–H and O–H groups in total. The van der Waals surface area contributed by atoms with Gasteiger partial charge in [0.25, 0.3) is 0 Å². The zero-order chi connectivity index (χ0) is 23.7. The summed E-state index contributed by atoms with van der Waals surface area (Å²) < 4.78 is 3.28. The van der Waals surface area contributed by atoms with Gasteiger partial charge in [-0.2, -0.15) is 10.2 Å². The van der Waals surface area contributed by atoms with E-state index in [1.807, 2.05) is 19.9 Å². The van der Waals surface area contributed by atoms with Crippen molar-refractivity contribution in [3.8, 4) is 0 Å². The maximum Gasteiger partial charge on any atom is 0.312 e. The molecule has 0 bridgehead atoms. The summed E-state index contributed by atoms with van der Waals surface area (Å²) in [5, 5.41) is 24.0. The third kappa shape index (κ3) is 4.78. The Hall–Kier alpha value is -2.91. The molecule has 0 saturated carbocycles. The van der Waals surface area contributed by atoms with Crippen LogP contribution in [-0.2, 0) is 17.9 Å². The molecular formula is C21H24Cl2N6O3. The average Bonchev–Trinajstić information content (AvgIpc) is 3.13. The van der Waals surface area contributed by atoms with E-state index < -0.39 is 10.8 Å². The van der Waals surface area contributed by atoms with Gasteiger partial charge in [0.15, 0.2) is 0 Å². The summed E-state index contributed by atoms with van der Waals surface area (Å²) in [4.78, 5) is 23.6. The SMILES string of the molecule is Cc1nn(Cc2ccc(Cl)cc2Cl)c(C)c1NC(=O)C(C)Cn1nc(C)c([N+](=O)[O-])c1C. The molecule has 32 heavy (non-hydrogen) atoms. The minimum Gasteiger partial charge on any atom is -0.323 e. The number of nitrogens with zero attached hydrogens (tertiary/aromatic N) is 5. The van der Waals surface area contributed by atoms with Gasteiger partial charge in [-0.3, -0.25) is 24.3 Å². The van der Waals surface area contributed by atoms with E-state index in [0.29, 0.717) is 39.4 Å². The smallest absolute Gasteiger partial charge is 0.312 e. The quantitative estimate of drug-likeness (QED) is 0.385. The fraction of sp³-hybridized carbons (Fsp3) is 0.381. The summed E-state index contributed by atoms with van der Waals surface area (Å²) in [6, 6.07) is 5.29. The van der Waals surface area contributed by atoms with Crippen molar-refractivity contribution in [2.45, 2.75) is 47.7 Å². The predicted molar refractivity (Wildman–Crippen MR) is 123 cm³/mol. The minimum atomic E-state index is -0.472. The Kier molecular flexibility index (Phi) is 6.90. The Morgan fingerprint density at radius 1 is 1.12 bits per heavy atom. The van der Waals surface area contributed by atoms with Crippen LogP contribution in [0.2, 0.25) is 10.0 Å². The number of aryl methyl sites for hydroxylation is 2. The summed E-state index contributed by atoms with van der Waals surface area (Å²) in [6.45, 7) is 9.30. The second-order valence-corrected chi connectivity index (χ2v) is 8.63. The number of anilines is 1. The Morgan fingerprint density at radius 3 is 2.38 bits per heavy atom. The molecular weight excluding hydrogens is 455 g/mol. The number of aromatic nitrogens is 4. The number of carbonyl (C=O) groups excluding carboxylic acids is 1. The third-order valence-corrected chi connectivity index (χ3v) is 5.97. The molecule has 1 atom stereocenters. The molecule has 0 radical (unpaired) electrons. The highest BCUT2D eigenvalue weighted by Gasteiger charge is 2.25. The van der Waals surface area contributed by atoms with Gasteiger partial charge in [0, 0.05) is 10.0 Å². The second-order valence-electron chi connectivity index (χ2n) is 7.79. The van der Waals surface area contributed by atoms with E-state index in [-0.39, 0.29) is 18.1 Å². The van der Waals surface area contributed by atoms with Gasteiger partial charge in [0.05, 0.1) is 41.0 Å². The number of halogens is 2. The molecule has 3 aromatic rings. The number of carbonyl (C=O) groups is 1. The highest BCUT2D eigenvalue weighted by Crippen LogP contribution is 2.26. The summed E-state index contributed by atoms with van der Waals surface area (Å²) in [6.07, 6.45) is 0. The van der Waals surface area contributed by atoms with E-state index in [1.54, 1.807) is 37.6 Å². The number of hydrogen-bond acceptors (Lipinski definition) is 5. The molecule has 0 spiro atoms. The van der Waals surface area contributed by atoms with Gasteiger partial charge in [-0.05, 0) is 45.4 Å². The van der Waals surface area contributed by atoms with Crippen molar-refractivity contribution >= 4 is 40.5 Å². The van der Waals surface area contributed by atoms with Crippen LogP contribution in [0.3, 0.4) is 0 Å². The fourth-order valence-electron chi connectivity index (χ4n) is 3.56. The van der Waals surface area contributed by atoms with Crippen LogP contribution < -0.4 is 5.32 Å². The first-order valence-corrected chi connectivity index (χ1v) is 10.7. The Bertz CT molecular complexity index is 1200. The molecule has 9 nitrogen and oxygen atoms in total. The van der Waals surface area contributed by atoms with Gasteiger partial charge < -0.3 is 5.32 Å². The number of nitro groups is 1. The van der Waals surface area contributed by atoms with Crippen molar-refractivity contribution in [1.29, 1.82) is 0 Å². The summed E-state index contributed by atoms with van der Waals surface area (Å²) in [5.74, 6) is -0.698. The lowest BCUT2D eigenvalue weighted by Crippen LogP contribution is -2.25. The van der Waals surface area contributed by atoms with Gasteiger partial charge >= 0.3 is 5.69 Å². The van der Waals surface area contributed by atoms with Crippen LogP contribution in [0.1, 0.15) is 35.3 Å². The molecule has 2 aromatic heterocycles. The van der Waals surface area contributed by atoms with Gasteiger partial charge in [-0.1, -0.05) is 36.2 Å². The van der Waals surface area contributed by atoms with Crippen LogP contribution in [0.15, 0.2) is 18.2 Å². The zero-order valence-corrected chi connectivity index (χ0v) is 20.0. The van der Waals surface area contributed by atoms with E-state index in [2.05, 4.69) is 15.5 Å². The standard InChI is InChI=1S/C21H24Cl2N6O3/c1-11(9-27-15(5)20(29(31)32)13(3)26-27)21(30)24-19-12(2)25-28(14(19)4)10-16-6-7-17(22)8-18(16)23/h6-8,11H,9-10H2,1-5H3,(H,24,30). The van der Waals surface area contributed by atoms with Crippen molar-refractivity contribution in [2.75, 3.05) is 5.32 Å². The van der Waals surface area contributed by atoms with Gasteiger partial charge in [0.1, 0.15) is 11.4 Å². The lowest BCUT2D eigenvalue weighted by Gasteiger charge is -2.14. The summed E-state index contributed by atoms with van der Waals surface area (Å²) in [5.41, 5.74) is 3.68. The zero-order valence-electron chi connectivity index (χ0n) is 18.4. The van der Waals surface area contributed by atoms with Crippen molar-refractivity contribution in [2.24, 2.45) is 5.92 Å². The summed E-state index contributed by atoms with van der Waals surface area (Å²) >= 11 is 12.2. The maximum atomic E-state index is 12.9. The number of hydrogen-bond donors (Lipinski definition) is 1. The third-order valence-electron chi connectivity index (χ3n) is 5.39. The topological polar surface area (TPSA) is 108 Å². The first kappa shape index (κ1) is 23.7. The van der Waals surface area contributed by atoms with E-state index in [0.717, 1.165) is 11.3 Å². The Labute approximate surface area is 195 Å². The van der Waals surface area contributed by atoms with Crippen LogP contribution in [0.5, 0.6) is 0 Å². The molecule has 0 aliphatic heterocycles. The van der Waals surface area contributed by atoms with E-state index in [4.69, 9.17) is 23.2 Å². The van der Waals surface area contributed by atoms with E-state index >= 15 is 0 Å². The van der Waals surface area contributed by atoms with Crippen LogP contribution in [0, 0.1) is 43.7 Å². The van der Waals surface area contributed by atoms with Gasteiger partial charge in [0.2, 0.25) is 5.91 Å². The maximum absolute atomic E-state index is 12.9. The lowest BCUT2D eigenvalue weighted by atomic mass is 10.1.